The van der Waals surface area contributed by atoms with Gasteiger partial charge in [0.05, 0.1) is 42.3 Å². The molecule has 4 aromatic rings. The number of nitrogens with one attached hydrogen (secondary N) is 1. The normalized spacial score (nSPS) is 12.2. The van der Waals surface area contributed by atoms with Crippen LogP contribution in [0.5, 0.6) is 5.75 Å². The zero-order chi connectivity index (χ0) is 24.1. The molecule has 2 N–H and O–H groups in total. The molecule has 1 aromatic carbocycles. The predicted octanol–water partition coefficient (Wildman–Crippen LogP) is 2.79. The number of nitriles is 1. The van der Waals surface area contributed by atoms with E-state index in [1.54, 1.807) is 66.5 Å². The lowest BCUT2D eigenvalue weighted by molar-refractivity contribution is 0.0578. The van der Waals surface area contributed by atoms with Gasteiger partial charge in [-0.1, -0.05) is 11.3 Å². The lowest BCUT2D eigenvalue weighted by Gasteiger charge is -2.16. The maximum atomic E-state index is 9.93. The van der Waals surface area contributed by atoms with Gasteiger partial charge in [0.25, 0.3) is 0 Å². The molecule has 11 heteroatoms. The lowest BCUT2D eigenvalue weighted by Crippen LogP contribution is -2.26. The first-order chi connectivity index (χ1) is 16.3. The molecule has 0 aliphatic carbocycles. The van der Waals surface area contributed by atoms with Crippen molar-refractivity contribution in [2.45, 2.75) is 45.6 Å². The molecule has 0 unspecified atom stereocenters. The van der Waals surface area contributed by atoms with Crippen LogP contribution in [-0.4, -0.2) is 51.6 Å². The molecule has 34 heavy (non-hydrogen) atoms. The fourth-order valence-corrected chi connectivity index (χ4v) is 3.32. The van der Waals surface area contributed by atoms with E-state index in [1.165, 1.54) is 0 Å². The molecule has 0 radical (unpaired) electrons. The zero-order valence-electron chi connectivity index (χ0n) is 19.1. The first-order valence-electron chi connectivity index (χ1n) is 10.7. The summed E-state index contributed by atoms with van der Waals surface area (Å²) in [6.45, 7) is 6.23. The highest BCUT2D eigenvalue weighted by molar-refractivity contribution is 5.66. The number of anilines is 2. The van der Waals surface area contributed by atoms with Gasteiger partial charge in [0.2, 0.25) is 5.95 Å². The third kappa shape index (κ3) is 5.93. The quantitative estimate of drug-likeness (QED) is 0.386. The van der Waals surface area contributed by atoms with Crippen LogP contribution in [-0.2, 0) is 13.1 Å². The van der Waals surface area contributed by atoms with Crippen molar-refractivity contribution in [1.29, 1.82) is 5.26 Å². The minimum Gasteiger partial charge on any atom is -0.487 e. The number of aliphatic hydroxyl groups is 1. The Kier molecular flexibility index (Phi) is 6.51. The molecule has 3 aromatic heterocycles. The number of rotatable bonds is 9. The van der Waals surface area contributed by atoms with E-state index < -0.39 is 5.60 Å². The minimum absolute atomic E-state index is 0.218. The fraction of sp³-hybridized carbons (Fsp3) is 0.304. The number of aromatic nitrogens is 7. The molecule has 1 atom stereocenters. The van der Waals surface area contributed by atoms with Gasteiger partial charge in [0.1, 0.15) is 17.9 Å². The van der Waals surface area contributed by atoms with Crippen LogP contribution < -0.4 is 10.1 Å². The molecule has 0 amide bonds. The van der Waals surface area contributed by atoms with Crippen molar-refractivity contribution < 1.29 is 9.84 Å². The molecule has 0 saturated carbocycles. The minimum atomic E-state index is -0.862. The van der Waals surface area contributed by atoms with Crippen LogP contribution >= 0.6 is 0 Å². The second kappa shape index (κ2) is 9.68. The van der Waals surface area contributed by atoms with E-state index in [1.807, 2.05) is 19.1 Å². The highest BCUT2D eigenvalue weighted by atomic mass is 16.5. The van der Waals surface area contributed by atoms with Crippen molar-refractivity contribution in [2.24, 2.45) is 0 Å². The average Bonchev–Trinajstić information content (AvgIpc) is 3.45. The van der Waals surface area contributed by atoms with E-state index in [0.29, 0.717) is 36.0 Å². The molecular formula is C23H25N9O2. The summed E-state index contributed by atoms with van der Waals surface area (Å²) >= 11 is 0. The van der Waals surface area contributed by atoms with E-state index in [4.69, 9.17) is 4.74 Å². The van der Waals surface area contributed by atoms with Gasteiger partial charge >= 0.3 is 0 Å². The first kappa shape index (κ1) is 22.9. The first-order valence-corrected chi connectivity index (χ1v) is 10.7. The second-order valence-corrected chi connectivity index (χ2v) is 8.54. The number of hydrogen-bond acceptors (Lipinski definition) is 9. The summed E-state index contributed by atoms with van der Waals surface area (Å²) in [7, 11) is 0. The second-order valence-electron chi connectivity index (χ2n) is 8.54. The summed E-state index contributed by atoms with van der Waals surface area (Å²) in [5, 5.41) is 34.5. The number of hydrogen-bond donors (Lipinski definition) is 2. The van der Waals surface area contributed by atoms with Gasteiger partial charge in [0, 0.05) is 30.4 Å². The van der Waals surface area contributed by atoms with E-state index >= 15 is 0 Å². The monoisotopic (exact) mass is 459 g/mol. The molecule has 3 heterocycles. The van der Waals surface area contributed by atoms with E-state index in [-0.39, 0.29) is 6.10 Å². The Labute approximate surface area is 196 Å². The molecule has 0 aliphatic rings. The van der Waals surface area contributed by atoms with Crippen LogP contribution in [0.2, 0.25) is 0 Å². The highest BCUT2D eigenvalue weighted by Crippen LogP contribution is 2.28. The Balaban J connectivity index is 1.46. The molecule has 0 saturated heterocycles. The third-order valence-corrected chi connectivity index (χ3v) is 4.77. The summed E-state index contributed by atoms with van der Waals surface area (Å²) in [5.41, 5.74) is 1.90. The van der Waals surface area contributed by atoms with Crippen molar-refractivity contribution in [1.82, 2.24) is 34.7 Å². The molecule has 0 fully saturated rings. The molecule has 11 nitrogen and oxygen atoms in total. The lowest BCUT2D eigenvalue weighted by atomic mass is 10.1. The van der Waals surface area contributed by atoms with Gasteiger partial charge < -0.3 is 15.2 Å². The van der Waals surface area contributed by atoms with Crippen LogP contribution in [0.3, 0.4) is 0 Å². The molecule has 174 valence electrons. The summed E-state index contributed by atoms with van der Waals surface area (Å²) in [5.74, 6) is 0.896. The van der Waals surface area contributed by atoms with Crippen molar-refractivity contribution in [2.75, 3.05) is 5.32 Å². The Hall–Kier alpha value is -4.30. The number of ether oxygens (including phenoxy) is 1. The Morgan fingerprint density at radius 3 is 2.65 bits per heavy atom. The van der Waals surface area contributed by atoms with Crippen LogP contribution in [0.1, 0.15) is 26.3 Å². The van der Waals surface area contributed by atoms with Crippen molar-refractivity contribution >= 4 is 11.6 Å². The zero-order valence-corrected chi connectivity index (χ0v) is 19.1. The Morgan fingerprint density at radius 1 is 1.18 bits per heavy atom. The summed E-state index contributed by atoms with van der Waals surface area (Å²) < 4.78 is 9.35. The number of benzene rings is 1. The maximum Gasteiger partial charge on any atom is 0.227 e. The van der Waals surface area contributed by atoms with E-state index in [9.17, 15) is 10.4 Å². The number of nitrogens with zero attached hydrogens (tertiary/aromatic N) is 8. The predicted molar refractivity (Wildman–Crippen MR) is 124 cm³/mol. The topological polar surface area (TPSA) is 140 Å². The van der Waals surface area contributed by atoms with Crippen molar-refractivity contribution in [3.05, 3.63) is 60.9 Å². The summed E-state index contributed by atoms with van der Waals surface area (Å²) in [6, 6.07) is 7.53. The average molecular weight is 460 g/mol. The fourth-order valence-electron chi connectivity index (χ4n) is 3.32. The Bertz CT molecular complexity index is 1270. The van der Waals surface area contributed by atoms with Gasteiger partial charge in [-0.2, -0.15) is 10.4 Å². The van der Waals surface area contributed by atoms with Crippen molar-refractivity contribution in [3.8, 4) is 22.9 Å². The van der Waals surface area contributed by atoms with E-state index in [2.05, 4.69) is 36.8 Å². The SMILES string of the molecule is C[C@@H](Cn1ccnn1)Oc1cc(-c2cnc(Nc3cnn(CC(C)(C)O)c3)nc2)ccc1C#N. The van der Waals surface area contributed by atoms with Crippen LogP contribution in [0.15, 0.2) is 55.4 Å². The summed E-state index contributed by atoms with van der Waals surface area (Å²) in [4.78, 5) is 8.77. The highest BCUT2D eigenvalue weighted by Gasteiger charge is 2.15. The standard InChI is InChI=1S/C23H25N9O2/c1-16(13-31-7-6-27-30-31)34-21-8-17(4-5-18(21)9-24)19-10-25-22(26-11-19)29-20-12-28-32(14-20)15-23(2,3)33/h4-8,10-12,14,16,33H,13,15H2,1-3H3,(H,25,26,29)/t16-/m0/s1. The molecular weight excluding hydrogens is 434 g/mol. The van der Waals surface area contributed by atoms with Gasteiger partial charge in [0.15, 0.2) is 0 Å². The van der Waals surface area contributed by atoms with Crippen LogP contribution in [0, 0.1) is 11.3 Å². The maximum absolute atomic E-state index is 9.93. The molecule has 0 aliphatic heterocycles. The van der Waals surface area contributed by atoms with Crippen LogP contribution in [0.4, 0.5) is 11.6 Å². The smallest absolute Gasteiger partial charge is 0.227 e. The van der Waals surface area contributed by atoms with Crippen molar-refractivity contribution in [3.63, 3.8) is 0 Å². The Morgan fingerprint density at radius 2 is 1.97 bits per heavy atom. The van der Waals surface area contributed by atoms with Crippen LogP contribution in [0.25, 0.3) is 11.1 Å². The third-order valence-electron chi connectivity index (χ3n) is 4.77. The van der Waals surface area contributed by atoms with Gasteiger partial charge in [-0.15, -0.1) is 5.10 Å². The molecule has 0 bridgehead atoms. The van der Waals surface area contributed by atoms with E-state index in [0.717, 1.165) is 11.1 Å². The van der Waals surface area contributed by atoms with Gasteiger partial charge in [-0.05, 0) is 38.5 Å². The summed E-state index contributed by atoms with van der Waals surface area (Å²) in [6.07, 6.45) is 9.96. The largest absolute Gasteiger partial charge is 0.487 e. The van der Waals surface area contributed by atoms with Gasteiger partial charge in [-0.3, -0.25) is 4.68 Å². The molecule has 0 spiro atoms. The molecule has 4 rings (SSSR count). The van der Waals surface area contributed by atoms with Gasteiger partial charge in [-0.25, -0.2) is 14.6 Å².